The summed E-state index contributed by atoms with van der Waals surface area (Å²) in [5.74, 6) is 0.0654. The predicted octanol–water partition coefficient (Wildman–Crippen LogP) is 3.00. The number of carbonyl (C=O) groups is 1. The summed E-state index contributed by atoms with van der Waals surface area (Å²) in [6.07, 6.45) is 0.473. The van der Waals surface area contributed by atoms with Crippen molar-refractivity contribution in [1.29, 1.82) is 0 Å². The second-order valence-corrected chi connectivity index (χ2v) is 4.30. The van der Waals surface area contributed by atoms with Crippen molar-refractivity contribution in [2.24, 2.45) is 0 Å². The van der Waals surface area contributed by atoms with Crippen LogP contribution in [0, 0.1) is 0 Å². The molecule has 0 aromatic heterocycles. The van der Waals surface area contributed by atoms with E-state index in [2.05, 4.69) is 31.9 Å². The highest BCUT2D eigenvalue weighted by molar-refractivity contribution is 9.10. The number of nitrogen functional groups attached to an aromatic ring is 1. The third-order valence-corrected chi connectivity index (χ3v) is 2.53. The molecule has 0 aliphatic rings. The van der Waals surface area contributed by atoms with E-state index in [1.165, 1.54) is 0 Å². The van der Waals surface area contributed by atoms with Crippen LogP contribution in [0.4, 0.5) is 5.69 Å². The molecule has 0 aliphatic carbocycles. The maximum absolute atomic E-state index is 11.5. The molecule has 0 aliphatic heterocycles. The topological polar surface area (TPSA) is 43.1 Å². The Morgan fingerprint density at radius 3 is 2.77 bits per heavy atom. The third-order valence-electron chi connectivity index (χ3n) is 1.64. The number of halogens is 2. The number of benzene rings is 1. The van der Waals surface area contributed by atoms with Crippen LogP contribution in [0.15, 0.2) is 22.7 Å². The van der Waals surface area contributed by atoms with Gasteiger partial charge in [0.15, 0.2) is 5.78 Å². The minimum absolute atomic E-state index is 0.0654. The summed E-state index contributed by atoms with van der Waals surface area (Å²) < 4.78 is 0.875. The molecule has 0 fully saturated rings. The molecule has 0 bridgehead atoms. The molecule has 0 saturated carbocycles. The van der Waals surface area contributed by atoms with Crippen LogP contribution in [-0.4, -0.2) is 11.1 Å². The Hall–Kier alpha value is -0.350. The highest BCUT2D eigenvalue weighted by atomic mass is 79.9. The number of hydrogen-bond donors (Lipinski definition) is 1. The Labute approximate surface area is 93.8 Å². The van der Waals surface area contributed by atoms with Crippen molar-refractivity contribution in [2.45, 2.75) is 6.42 Å². The van der Waals surface area contributed by atoms with Crippen molar-refractivity contribution >= 4 is 43.3 Å². The summed E-state index contributed by atoms with van der Waals surface area (Å²) in [6.45, 7) is 0. The zero-order valence-corrected chi connectivity index (χ0v) is 10.1. The zero-order valence-electron chi connectivity index (χ0n) is 6.89. The van der Waals surface area contributed by atoms with E-state index in [0.717, 1.165) is 4.47 Å². The molecular formula is C9H9Br2NO. The smallest absolute Gasteiger partial charge is 0.165 e. The quantitative estimate of drug-likeness (QED) is 0.530. The lowest BCUT2D eigenvalue weighted by Gasteiger charge is -2.03. The molecule has 13 heavy (non-hydrogen) atoms. The third kappa shape index (κ3) is 2.81. The van der Waals surface area contributed by atoms with E-state index >= 15 is 0 Å². The second kappa shape index (κ2) is 4.77. The molecule has 70 valence electrons. The molecule has 1 aromatic rings. The molecule has 0 heterocycles. The van der Waals surface area contributed by atoms with Gasteiger partial charge in [-0.2, -0.15) is 0 Å². The monoisotopic (exact) mass is 305 g/mol. The maximum Gasteiger partial charge on any atom is 0.165 e. The van der Waals surface area contributed by atoms with Gasteiger partial charge in [0.2, 0.25) is 0 Å². The molecule has 0 saturated heterocycles. The van der Waals surface area contributed by atoms with Crippen molar-refractivity contribution < 1.29 is 4.79 Å². The number of ketones is 1. The van der Waals surface area contributed by atoms with E-state index < -0.39 is 0 Å². The van der Waals surface area contributed by atoms with Crippen molar-refractivity contribution in [3.05, 3.63) is 28.2 Å². The van der Waals surface area contributed by atoms with Gasteiger partial charge < -0.3 is 5.73 Å². The molecule has 0 unspecified atom stereocenters. The largest absolute Gasteiger partial charge is 0.398 e. The zero-order chi connectivity index (χ0) is 9.84. The number of nitrogens with two attached hydrogens (primary N) is 1. The molecule has 2 nitrogen and oxygen atoms in total. The fourth-order valence-electron chi connectivity index (χ4n) is 0.990. The van der Waals surface area contributed by atoms with Crippen LogP contribution in [-0.2, 0) is 0 Å². The second-order valence-electron chi connectivity index (χ2n) is 2.59. The summed E-state index contributed by atoms with van der Waals surface area (Å²) in [5, 5.41) is 0.664. The Morgan fingerprint density at radius 2 is 2.15 bits per heavy atom. The number of anilines is 1. The predicted molar refractivity (Wildman–Crippen MR) is 61.3 cm³/mol. The lowest BCUT2D eigenvalue weighted by atomic mass is 10.1. The Kier molecular flexibility index (Phi) is 3.93. The minimum atomic E-state index is 0.0654. The fourth-order valence-corrected chi connectivity index (χ4v) is 1.71. The van der Waals surface area contributed by atoms with Gasteiger partial charge in [0.25, 0.3) is 0 Å². The number of alkyl halides is 1. The summed E-state index contributed by atoms with van der Waals surface area (Å²) >= 11 is 6.51. The molecule has 4 heteroatoms. The minimum Gasteiger partial charge on any atom is -0.398 e. The normalized spacial score (nSPS) is 10.0. The fraction of sp³-hybridized carbons (Fsp3) is 0.222. The van der Waals surface area contributed by atoms with Gasteiger partial charge in [-0.3, -0.25) is 4.79 Å². The van der Waals surface area contributed by atoms with Gasteiger partial charge in [-0.15, -0.1) is 0 Å². The molecular weight excluding hydrogens is 298 g/mol. The van der Waals surface area contributed by atoms with E-state index in [1.807, 2.05) is 6.07 Å². The Bertz CT molecular complexity index is 325. The van der Waals surface area contributed by atoms with Crippen molar-refractivity contribution in [1.82, 2.24) is 0 Å². The first-order valence-corrected chi connectivity index (χ1v) is 5.71. The van der Waals surface area contributed by atoms with E-state index in [1.54, 1.807) is 12.1 Å². The van der Waals surface area contributed by atoms with Gasteiger partial charge in [0.1, 0.15) is 0 Å². The highest BCUT2D eigenvalue weighted by Crippen LogP contribution is 2.19. The summed E-state index contributed by atoms with van der Waals surface area (Å²) in [6, 6.07) is 5.30. The van der Waals surface area contributed by atoms with Crippen molar-refractivity contribution in [3.63, 3.8) is 0 Å². The van der Waals surface area contributed by atoms with Gasteiger partial charge in [0, 0.05) is 27.5 Å². The van der Waals surface area contributed by atoms with E-state index in [4.69, 9.17) is 5.73 Å². The molecule has 0 atom stereocenters. The van der Waals surface area contributed by atoms with Crippen LogP contribution >= 0.6 is 31.9 Å². The molecule has 0 radical (unpaired) electrons. The van der Waals surface area contributed by atoms with Gasteiger partial charge in [-0.05, 0) is 18.2 Å². The lowest BCUT2D eigenvalue weighted by Crippen LogP contribution is -2.03. The molecule has 2 N–H and O–H groups in total. The number of hydrogen-bond acceptors (Lipinski definition) is 2. The first kappa shape index (κ1) is 10.7. The van der Waals surface area contributed by atoms with Crippen LogP contribution in [0.5, 0.6) is 0 Å². The van der Waals surface area contributed by atoms with Gasteiger partial charge in [0.05, 0.1) is 0 Å². The summed E-state index contributed by atoms with van der Waals surface area (Å²) in [7, 11) is 0. The number of rotatable bonds is 3. The van der Waals surface area contributed by atoms with Gasteiger partial charge in [-0.25, -0.2) is 0 Å². The average molecular weight is 307 g/mol. The van der Waals surface area contributed by atoms with E-state index in [9.17, 15) is 4.79 Å². The van der Waals surface area contributed by atoms with Crippen LogP contribution in [0.2, 0.25) is 0 Å². The average Bonchev–Trinajstić information content (AvgIpc) is 2.09. The first-order chi connectivity index (χ1) is 6.15. The van der Waals surface area contributed by atoms with E-state index in [0.29, 0.717) is 23.0 Å². The van der Waals surface area contributed by atoms with E-state index in [-0.39, 0.29) is 5.78 Å². The molecule has 1 rings (SSSR count). The Morgan fingerprint density at radius 1 is 1.46 bits per heavy atom. The first-order valence-electron chi connectivity index (χ1n) is 3.79. The van der Waals surface area contributed by atoms with Crippen molar-refractivity contribution in [3.8, 4) is 0 Å². The number of carbonyl (C=O) groups excluding carboxylic acids is 1. The lowest BCUT2D eigenvalue weighted by molar-refractivity contribution is 0.0990. The van der Waals surface area contributed by atoms with Crippen LogP contribution in [0.1, 0.15) is 16.8 Å². The van der Waals surface area contributed by atoms with Gasteiger partial charge in [-0.1, -0.05) is 31.9 Å². The number of Topliss-reactive ketones (excluding diaryl/α,β-unsaturated/α-hetero) is 1. The molecule has 1 aromatic carbocycles. The summed E-state index contributed by atoms with van der Waals surface area (Å²) in [4.78, 5) is 11.5. The van der Waals surface area contributed by atoms with Crippen molar-refractivity contribution in [2.75, 3.05) is 11.1 Å². The van der Waals surface area contributed by atoms with Gasteiger partial charge >= 0.3 is 0 Å². The van der Waals surface area contributed by atoms with Crippen LogP contribution in [0.3, 0.4) is 0 Å². The van der Waals surface area contributed by atoms with Crippen LogP contribution < -0.4 is 5.73 Å². The highest BCUT2D eigenvalue weighted by Gasteiger charge is 2.08. The van der Waals surface area contributed by atoms with Crippen LogP contribution in [0.25, 0.3) is 0 Å². The summed E-state index contributed by atoms with van der Waals surface area (Å²) in [5.41, 5.74) is 6.79. The standard InChI is InChI=1S/C9H9Br2NO/c10-4-3-9(13)7-5-6(11)1-2-8(7)12/h1-2,5H,3-4,12H2. The maximum atomic E-state index is 11.5. The Balaban J connectivity index is 2.99. The SMILES string of the molecule is Nc1ccc(Br)cc1C(=O)CCBr. The molecule has 0 amide bonds. The molecule has 0 spiro atoms.